The summed E-state index contributed by atoms with van der Waals surface area (Å²) in [5.74, 6) is 0.0768. The van der Waals surface area contributed by atoms with E-state index in [9.17, 15) is 8.42 Å². The standard InChI is InChI=1S/C10H20N4O3S/c1-17-6-5-14-9-10(8-12-14)13-18(15,16)7-3-2-4-11/h8-9,13H,2-7,11H2,1H3. The Morgan fingerprint density at radius 2 is 2.28 bits per heavy atom. The van der Waals surface area contributed by atoms with E-state index < -0.39 is 10.0 Å². The monoisotopic (exact) mass is 276 g/mol. The molecule has 0 fully saturated rings. The van der Waals surface area contributed by atoms with Gasteiger partial charge in [-0.05, 0) is 19.4 Å². The van der Waals surface area contributed by atoms with Gasteiger partial charge < -0.3 is 10.5 Å². The van der Waals surface area contributed by atoms with Crippen molar-refractivity contribution in [2.75, 3.05) is 30.7 Å². The van der Waals surface area contributed by atoms with Crippen molar-refractivity contribution in [1.29, 1.82) is 0 Å². The lowest BCUT2D eigenvalue weighted by Gasteiger charge is -2.04. The number of nitrogens with two attached hydrogens (primary N) is 1. The molecule has 0 bridgehead atoms. The molecular formula is C10H20N4O3S. The molecular weight excluding hydrogens is 256 g/mol. The Kier molecular flexibility index (Phi) is 6.10. The van der Waals surface area contributed by atoms with Gasteiger partial charge in [0.05, 0.1) is 30.8 Å². The Morgan fingerprint density at radius 1 is 1.50 bits per heavy atom. The molecule has 0 atom stereocenters. The Balaban J connectivity index is 2.48. The van der Waals surface area contributed by atoms with Crippen molar-refractivity contribution in [3.05, 3.63) is 12.4 Å². The van der Waals surface area contributed by atoms with Crippen molar-refractivity contribution >= 4 is 15.7 Å². The van der Waals surface area contributed by atoms with E-state index in [1.54, 1.807) is 18.0 Å². The maximum atomic E-state index is 11.7. The topological polar surface area (TPSA) is 99.2 Å². The smallest absolute Gasteiger partial charge is 0.232 e. The lowest BCUT2D eigenvalue weighted by Crippen LogP contribution is -2.17. The summed E-state index contributed by atoms with van der Waals surface area (Å²) in [6.45, 7) is 1.63. The Labute approximate surface area is 107 Å². The fraction of sp³-hybridized carbons (Fsp3) is 0.700. The van der Waals surface area contributed by atoms with E-state index in [1.807, 2.05) is 0 Å². The molecule has 104 valence electrons. The maximum absolute atomic E-state index is 11.7. The van der Waals surface area contributed by atoms with E-state index in [4.69, 9.17) is 10.5 Å². The molecule has 18 heavy (non-hydrogen) atoms. The summed E-state index contributed by atoms with van der Waals surface area (Å²) in [6, 6.07) is 0. The lowest BCUT2D eigenvalue weighted by atomic mass is 10.3. The van der Waals surface area contributed by atoms with E-state index in [0.717, 1.165) is 0 Å². The van der Waals surface area contributed by atoms with Crippen LogP contribution in [0.2, 0.25) is 0 Å². The second kappa shape index (κ2) is 7.34. The first kappa shape index (κ1) is 14.9. The van der Waals surface area contributed by atoms with Gasteiger partial charge in [-0.1, -0.05) is 0 Å². The lowest BCUT2D eigenvalue weighted by molar-refractivity contribution is 0.183. The van der Waals surface area contributed by atoms with Crippen LogP contribution in [-0.2, 0) is 21.3 Å². The zero-order chi connectivity index (χ0) is 13.4. The van der Waals surface area contributed by atoms with E-state index in [0.29, 0.717) is 38.2 Å². The quantitative estimate of drug-likeness (QED) is 0.619. The molecule has 0 aliphatic carbocycles. The fourth-order valence-corrected chi connectivity index (χ4v) is 2.54. The van der Waals surface area contributed by atoms with Crippen LogP contribution in [0.3, 0.4) is 0 Å². The van der Waals surface area contributed by atoms with E-state index in [-0.39, 0.29) is 5.75 Å². The minimum Gasteiger partial charge on any atom is -0.383 e. The van der Waals surface area contributed by atoms with Crippen LogP contribution in [0.25, 0.3) is 0 Å². The average molecular weight is 276 g/mol. The normalized spacial score (nSPS) is 11.7. The van der Waals surface area contributed by atoms with Crippen molar-refractivity contribution < 1.29 is 13.2 Å². The van der Waals surface area contributed by atoms with Gasteiger partial charge in [-0.15, -0.1) is 0 Å². The highest BCUT2D eigenvalue weighted by Crippen LogP contribution is 2.08. The van der Waals surface area contributed by atoms with Crippen molar-refractivity contribution in [3.63, 3.8) is 0 Å². The third kappa shape index (κ3) is 5.48. The summed E-state index contributed by atoms with van der Waals surface area (Å²) in [6.07, 6.45) is 4.38. The number of hydrogen-bond acceptors (Lipinski definition) is 5. The van der Waals surface area contributed by atoms with Gasteiger partial charge in [0.2, 0.25) is 10.0 Å². The number of sulfonamides is 1. The Bertz CT molecular complexity index is 444. The van der Waals surface area contributed by atoms with Crippen molar-refractivity contribution in [3.8, 4) is 0 Å². The zero-order valence-electron chi connectivity index (χ0n) is 10.5. The molecule has 0 aromatic carbocycles. The molecule has 1 aromatic rings. The third-order valence-electron chi connectivity index (χ3n) is 2.30. The molecule has 0 aliphatic rings. The minimum atomic E-state index is -3.30. The molecule has 0 saturated heterocycles. The molecule has 0 aliphatic heterocycles. The fourth-order valence-electron chi connectivity index (χ4n) is 1.39. The van der Waals surface area contributed by atoms with Gasteiger partial charge in [-0.25, -0.2) is 8.42 Å². The highest BCUT2D eigenvalue weighted by Gasteiger charge is 2.11. The van der Waals surface area contributed by atoms with Crippen LogP contribution in [0.5, 0.6) is 0 Å². The number of methoxy groups -OCH3 is 1. The second-order valence-corrected chi connectivity index (χ2v) is 5.74. The number of nitrogens with zero attached hydrogens (tertiary/aromatic N) is 2. The number of nitrogens with one attached hydrogen (secondary N) is 1. The summed E-state index contributed by atoms with van der Waals surface area (Å²) in [5, 5.41) is 4.02. The van der Waals surface area contributed by atoms with Crippen molar-refractivity contribution in [2.24, 2.45) is 5.73 Å². The van der Waals surface area contributed by atoms with Crippen molar-refractivity contribution in [1.82, 2.24) is 9.78 Å². The summed E-state index contributed by atoms with van der Waals surface area (Å²) in [7, 11) is -1.70. The molecule has 1 rings (SSSR count). The van der Waals surface area contributed by atoms with E-state index >= 15 is 0 Å². The first-order chi connectivity index (χ1) is 8.57. The minimum absolute atomic E-state index is 0.0768. The van der Waals surface area contributed by atoms with Gasteiger partial charge in [0, 0.05) is 13.3 Å². The van der Waals surface area contributed by atoms with E-state index in [1.165, 1.54) is 6.20 Å². The van der Waals surface area contributed by atoms with Crippen LogP contribution in [0.15, 0.2) is 12.4 Å². The molecule has 0 spiro atoms. The van der Waals surface area contributed by atoms with Crippen LogP contribution >= 0.6 is 0 Å². The van der Waals surface area contributed by atoms with E-state index in [2.05, 4.69) is 9.82 Å². The first-order valence-electron chi connectivity index (χ1n) is 5.79. The van der Waals surface area contributed by atoms with Crippen LogP contribution in [-0.4, -0.2) is 44.2 Å². The maximum Gasteiger partial charge on any atom is 0.232 e. The molecule has 0 saturated carbocycles. The molecule has 0 radical (unpaired) electrons. The predicted molar refractivity (Wildman–Crippen MR) is 69.8 cm³/mol. The average Bonchev–Trinajstić information content (AvgIpc) is 2.73. The highest BCUT2D eigenvalue weighted by atomic mass is 32.2. The van der Waals surface area contributed by atoms with Gasteiger partial charge in [0.1, 0.15) is 0 Å². The predicted octanol–water partition coefficient (Wildman–Crippen LogP) is 0.0101. The summed E-state index contributed by atoms with van der Waals surface area (Å²) < 4.78 is 32.4. The van der Waals surface area contributed by atoms with Crippen molar-refractivity contribution in [2.45, 2.75) is 19.4 Å². The van der Waals surface area contributed by atoms with Gasteiger partial charge in [0.25, 0.3) is 0 Å². The van der Waals surface area contributed by atoms with Gasteiger partial charge in [-0.3, -0.25) is 9.40 Å². The largest absolute Gasteiger partial charge is 0.383 e. The molecule has 1 aromatic heterocycles. The summed E-state index contributed by atoms with van der Waals surface area (Å²) in [5.41, 5.74) is 5.79. The molecule has 0 unspecified atom stereocenters. The number of aromatic nitrogens is 2. The number of ether oxygens (including phenoxy) is 1. The zero-order valence-corrected chi connectivity index (χ0v) is 11.3. The number of anilines is 1. The number of hydrogen-bond donors (Lipinski definition) is 2. The molecule has 8 heteroatoms. The van der Waals surface area contributed by atoms with Crippen LogP contribution in [0.4, 0.5) is 5.69 Å². The van der Waals surface area contributed by atoms with Crippen LogP contribution in [0.1, 0.15) is 12.8 Å². The number of rotatable bonds is 9. The summed E-state index contributed by atoms with van der Waals surface area (Å²) >= 11 is 0. The molecule has 1 heterocycles. The number of unbranched alkanes of at least 4 members (excludes halogenated alkanes) is 1. The molecule has 3 N–H and O–H groups in total. The second-order valence-electron chi connectivity index (χ2n) is 3.90. The summed E-state index contributed by atoms with van der Waals surface area (Å²) in [4.78, 5) is 0. The molecule has 7 nitrogen and oxygen atoms in total. The van der Waals surface area contributed by atoms with Gasteiger partial charge in [0.15, 0.2) is 0 Å². The third-order valence-corrected chi connectivity index (χ3v) is 3.67. The van der Waals surface area contributed by atoms with Crippen LogP contribution < -0.4 is 10.5 Å². The van der Waals surface area contributed by atoms with Gasteiger partial charge in [-0.2, -0.15) is 5.10 Å². The molecule has 0 amide bonds. The first-order valence-corrected chi connectivity index (χ1v) is 7.44. The highest BCUT2D eigenvalue weighted by molar-refractivity contribution is 7.92. The van der Waals surface area contributed by atoms with Gasteiger partial charge >= 0.3 is 0 Å². The Hall–Kier alpha value is -1.12. The SMILES string of the molecule is COCCn1cc(NS(=O)(=O)CCCCN)cn1. The van der Waals surface area contributed by atoms with Crippen LogP contribution in [0, 0.1) is 0 Å². The Morgan fingerprint density at radius 3 is 2.94 bits per heavy atom.